The van der Waals surface area contributed by atoms with Gasteiger partial charge in [-0.1, -0.05) is 32.6 Å². The highest BCUT2D eigenvalue weighted by atomic mass is 15.4. The normalized spacial score (nSPS) is 21.7. The lowest BCUT2D eigenvalue weighted by Gasteiger charge is -2.46. The summed E-state index contributed by atoms with van der Waals surface area (Å²) in [5.74, 6) is 0. The standard InChI is InChI=1S/C14H27N2/c1-2-3-4-5-6-7-11-16-12-8-15(9-13-16)10-14-16/h8,12H,2-7,9-11,13-14H2,1H3/q+1. The van der Waals surface area contributed by atoms with Gasteiger partial charge in [-0.3, -0.25) is 4.48 Å². The van der Waals surface area contributed by atoms with Crippen molar-refractivity contribution in [2.45, 2.75) is 45.4 Å². The van der Waals surface area contributed by atoms with Crippen molar-refractivity contribution in [2.24, 2.45) is 0 Å². The van der Waals surface area contributed by atoms with Gasteiger partial charge in [0.15, 0.2) is 0 Å². The van der Waals surface area contributed by atoms with Crippen LogP contribution in [0.25, 0.3) is 0 Å². The Bertz CT molecular complexity index is 227. The number of piperazine rings is 1. The smallest absolute Gasteiger partial charge is 0.112 e. The van der Waals surface area contributed by atoms with Crippen molar-refractivity contribution >= 4 is 0 Å². The number of hydrogen-bond donors (Lipinski definition) is 0. The molecule has 0 atom stereocenters. The third-order valence-electron chi connectivity index (χ3n) is 4.22. The van der Waals surface area contributed by atoms with E-state index >= 15 is 0 Å². The first-order valence-electron chi connectivity index (χ1n) is 7.14. The SMILES string of the molecule is CCCCCCCC[N+]12C=CN(CC1)CC2. The molecule has 0 radical (unpaired) electrons. The van der Waals surface area contributed by atoms with Crippen LogP contribution in [-0.4, -0.2) is 42.1 Å². The molecule has 16 heavy (non-hydrogen) atoms. The van der Waals surface area contributed by atoms with Crippen LogP contribution in [0.3, 0.4) is 0 Å². The van der Waals surface area contributed by atoms with Crippen LogP contribution in [0.1, 0.15) is 45.4 Å². The Labute approximate surface area is 101 Å². The largest absolute Gasteiger partial charge is 0.362 e. The third kappa shape index (κ3) is 3.00. The number of unbranched alkanes of at least 4 members (excludes halogenated alkanes) is 5. The zero-order chi connectivity index (χ0) is 11.3. The van der Waals surface area contributed by atoms with Gasteiger partial charge in [0.05, 0.1) is 25.8 Å². The van der Waals surface area contributed by atoms with Gasteiger partial charge in [-0.05, 0) is 12.8 Å². The lowest BCUT2D eigenvalue weighted by atomic mass is 10.1. The summed E-state index contributed by atoms with van der Waals surface area (Å²) in [5.41, 5.74) is 0. The molecule has 3 rings (SSSR count). The highest BCUT2D eigenvalue weighted by molar-refractivity contribution is 4.86. The molecule has 0 saturated carbocycles. The molecule has 0 spiro atoms. The summed E-state index contributed by atoms with van der Waals surface area (Å²) in [6.07, 6.45) is 13.3. The average molecular weight is 223 g/mol. The van der Waals surface area contributed by atoms with Gasteiger partial charge in [0.2, 0.25) is 0 Å². The summed E-state index contributed by atoms with van der Waals surface area (Å²) < 4.78 is 1.28. The Morgan fingerprint density at radius 3 is 2.31 bits per heavy atom. The average Bonchev–Trinajstić information content (AvgIpc) is 2.36. The number of nitrogens with zero attached hydrogens (tertiary/aromatic N) is 2. The van der Waals surface area contributed by atoms with Crippen LogP contribution in [0.5, 0.6) is 0 Å². The van der Waals surface area contributed by atoms with E-state index in [9.17, 15) is 0 Å². The summed E-state index contributed by atoms with van der Waals surface area (Å²) >= 11 is 0. The topological polar surface area (TPSA) is 3.24 Å². The Balaban J connectivity index is 1.62. The highest BCUT2D eigenvalue weighted by Gasteiger charge is 2.33. The molecule has 0 amide bonds. The van der Waals surface area contributed by atoms with Crippen molar-refractivity contribution in [1.82, 2.24) is 4.90 Å². The maximum absolute atomic E-state index is 2.46. The number of hydrogen-bond acceptors (Lipinski definition) is 1. The van der Waals surface area contributed by atoms with Gasteiger partial charge in [0, 0.05) is 0 Å². The second-order valence-electron chi connectivity index (χ2n) is 5.49. The first-order chi connectivity index (χ1) is 7.85. The van der Waals surface area contributed by atoms with E-state index in [4.69, 9.17) is 0 Å². The molecule has 3 aliphatic heterocycles. The summed E-state index contributed by atoms with van der Waals surface area (Å²) in [6, 6.07) is 0. The van der Waals surface area contributed by atoms with Gasteiger partial charge in [-0.25, -0.2) is 0 Å². The van der Waals surface area contributed by atoms with E-state index in [0.29, 0.717) is 0 Å². The van der Waals surface area contributed by atoms with Crippen molar-refractivity contribution < 1.29 is 4.48 Å². The second-order valence-corrected chi connectivity index (χ2v) is 5.49. The lowest BCUT2D eigenvalue weighted by Crippen LogP contribution is -2.59. The molecule has 0 N–H and O–H groups in total. The van der Waals surface area contributed by atoms with Gasteiger partial charge in [-0.2, -0.15) is 0 Å². The molecule has 3 aliphatic rings. The highest BCUT2D eigenvalue weighted by Crippen LogP contribution is 2.22. The van der Waals surface area contributed by atoms with Crippen molar-refractivity contribution in [3.8, 4) is 0 Å². The molecule has 2 bridgehead atoms. The first-order valence-corrected chi connectivity index (χ1v) is 7.14. The lowest BCUT2D eigenvalue weighted by molar-refractivity contribution is -0.888. The Hall–Kier alpha value is -0.500. The summed E-state index contributed by atoms with van der Waals surface area (Å²) in [4.78, 5) is 2.46. The zero-order valence-electron chi connectivity index (χ0n) is 10.8. The number of fused-ring (bicyclic) bond motifs is 2. The fraction of sp³-hybridized carbons (Fsp3) is 0.857. The van der Waals surface area contributed by atoms with E-state index in [1.54, 1.807) is 0 Å². The van der Waals surface area contributed by atoms with Gasteiger partial charge in [-0.15, -0.1) is 0 Å². The predicted octanol–water partition coefficient (Wildman–Crippen LogP) is 2.96. The quantitative estimate of drug-likeness (QED) is 0.474. The minimum atomic E-state index is 1.28. The van der Waals surface area contributed by atoms with E-state index in [1.807, 2.05) is 0 Å². The number of quaternary nitrogens is 1. The molecule has 0 aromatic carbocycles. The maximum Gasteiger partial charge on any atom is 0.112 e. The molecule has 0 aliphatic carbocycles. The molecule has 92 valence electrons. The molecular formula is C14H27N2+. The molecular weight excluding hydrogens is 196 g/mol. The van der Waals surface area contributed by atoms with Crippen LogP contribution in [0, 0.1) is 0 Å². The molecule has 2 heteroatoms. The monoisotopic (exact) mass is 223 g/mol. The minimum absolute atomic E-state index is 1.28. The molecule has 2 nitrogen and oxygen atoms in total. The Morgan fingerprint density at radius 2 is 1.69 bits per heavy atom. The van der Waals surface area contributed by atoms with E-state index in [0.717, 1.165) is 0 Å². The second kappa shape index (κ2) is 5.72. The Morgan fingerprint density at radius 1 is 1.00 bits per heavy atom. The van der Waals surface area contributed by atoms with Gasteiger partial charge >= 0.3 is 0 Å². The molecule has 0 unspecified atom stereocenters. The van der Waals surface area contributed by atoms with Crippen LogP contribution in [0.4, 0.5) is 0 Å². The predicted molar refractivity (Wildman–Crippen MR) is 69.0 cm³/mol. The van der Waals surface area contributed by atoms with E-state index < -0.39 is 0 Å². The number of rotatable bonds is 7. The van der Waals surface area contributed by atoms with Gasteiger partial charge in [0.25, 0.3) is 0 Å². The van der Waals surface area contributed by atoms with Crippen molar-refractivity contribution in [3.63, 3.8) is 0 Å². The third-order valence-corrected chi connectivity index (χ3v) is 4.22. The van der Waals surface area contributed by atoms with Crippen LogP contribution in [0.2, 0.25) is 0 Å². The van der Waals surface area contributed by atoms with Crippen LogP contribution in [-0.2, 0) is 0 Å². The summed E-state index contributed by atoms with van der Waals surface area (Å²) in [6.45, 7) is 8.95. The Kier molecular flexibility index (Phi) is 4.28. The van der Waals surface area contributed by atoms with E-state index in [2.05, 4.69) is 24.2 Å². The fourth-order valence-electron chi connectivity index (χ4n) is 2.92. The van der Waals surface area contributed by atoms with E-state index in [1.165, 1.54) is 75.7 Å². The van der Waals surface area contributed by atoms with Crippen LogP contribution < -0.4 is 0 Å². The van der Waals surface area contributed by atoms with Gasteiger partial charge < -0.3 is 4.90 Å². The molecule has 1 saturated heterocycles. The first kappa shape index (κ1) is 12.0. The summed E-state index contributed by atoms with van der Waals surface area (Å²) in [7, 11) is 0. The fourth-order valence-corrected chi connectivity index (χ4v) is 2.92. The van der Waals surface area contributed by atoms with Gasteiger partial charge in [0.1, 0.15) is 19.3 Å². The van der Waals surface area contributed by atoms with Crippen molar-refractivity contribution in [2.75, 3.05) is 32.7 Å². The molecule has 1 fully saturated rings. The zero-order valence-corrected chi connectivity index (χ0v) is 10.8. The summed E-state index contributed by atoms with van der Waals surface area (Å²) in [5, 5.41) is 0. The van der Waals surface area contributed by atoms with Crippen molar-refractivity contribution in [1.29, 1.82) is 0 Å². The maximum atomic E-state index is 2.46. The van der Waals surface area contributed by atoms with Crippen molar-refractivity contribution in [3.05, 3.63) is 12.4 Å². The van der Waals surface area contributed by atoms with Crippen LogP contribution in [0.15, 0.2) is 12.4 Å². The minimum Gasteiger partial charge on any atom is -0.362 e. The van der Waals surface area contributed by atoms with Crippen LogP contribution >= 0.6 is 0 Å². The molecule has 0 aromatic rings. The van der Waals surface area contributed by atoms with E-state index in [-0.39, 0.29) is 0 Å². The molecule has 3 heterocycles. The molecule has 0 aromatic heterocycles.